The van der Waals surface area contributed by atoms with Crippen molar-refractivity contribution >= 4 is 25.7 Å². The summed E-state index contributed by atoms with van der Waals surface area (Å²) in [5, 5.41) is 0. The fraction of sp³-hybridized carbons (Fsp3) is 0.294. The van der Waals surface area contributed by atoms with E-state index < -0.39 is 20.0 Å². The third kappa shape index (κ3) is 3.05. The molecule has 0 radical (unpaired) electrons. The van der Waals surface area contributed by atoms with E-state index in [1.54, 1.807) is 36.4 Å². The van der Waals surface area contributed by atoms with Crippen LogP contribution in [0.3, 0.4) is 0 Å². The maximum absolute atomic E-state index is 12.9. The van der Waals surface area contributed by atoms with Crippen molar-refractivity contribution in [1.29, 1.82) is 0 Å². The summed E-state index contributed by atoms with van der Waals surface area (Å²) in [4.78, 5) is 0.404. The van der Waals surface area contributed by atoms with Gasteiger partial charge >= 0.3 is 0 Å². The van der Waals surface area contributed by atoms with Crippen LogP contribution in [0.15, 0.2) is 52.3 Å². The zero-order chi connectivity index (χ0) is 18.4. The van der Waals surface area contributed by atoms with Crippen molar-refractivity contribution in [2.75, 3.05) is 24.9 Å². The number of nitrogens with zero attached hydrogens (tertiary/aromatic N) is 2. The Hall–Kier alpha value is -1.90. The van der Waals surface area contributed by atoms with Crippen LogP contribution in [0, 0.1) is 6.92 Å². The number of hydrogen-bond donors (Lipinski definition) is 0. The number of fused-ring (bicyclic) bond motifs is 1. The fourth-order valence-electron chi connectivity index (χ4n) is 2.81. The molecule has 134 valence electrons. The Labute approximate surface area is 148 Å². The maximum atomic E-state index is 12.9. The van der Waals surface area contributed by atoms with E-state index >= 15 is 0 Å². The standard InChI is InChI=1S/C17H20N2O4S2/c1-13-4-6-15(7-5-13)25(22,23)19-11-10-14-12-16(8-9-17(14)19)24(20,21)18(2)3/h4-9,12H,10-11H2,1-3H3. The first-order valence-corrected chi connectivity index (χ1v) is 10.7. The van der Waals surface area contributed by atoms with Crippen molar-refractivity contribution in [2.24, 2.45) is 0 Å². The van der Waals surface area contributed by atoms with Crippen LogP contribution in [-0.2, 0) is 26.5 Å². The minimum Gasteiger partial charge on any atom is -0.266 e. The van der Waals surface area contributed by atoms with Crippen LogP contribution >= 0.6 is 0 Å². The van der Waals surface area contributed by atoms with Crippen molar-refractivity contribution < 1.29 is 16.8 Å². The molecule has 0 aromatic heterocycles. The van der Waals surface area contributed by atoms with Gasteiger partial charge in [-0.1, -0.05) is 17.7 Å². The van der Waals surface area contributed by atoms with Gasteiger partial charge < -0.3 is 0 Å². The van der Waals surface area contributed by atoms with E-state index in [2.05, 4.69) is 0 Å². The Morgan fingerprint density at radius 1 is 0.920 bits per heavy atom. The number of benzene rings is 2. The molecule has 0 unspecified atom stereocenters. The third-order valence-corrected chi connectivity index (χ3v) is 7.93. The van der Waals surface area contributed by atoms with Gasteiger partial charge in [0.2, 0.25) is 10.0 Å². The molecule has 8 heteroatoms. The average molecular weight is 380 g/mol. The number of rotatable bonds is 4. The molecule has 0 spiro atoms. The van der Waals surface area contributed by atoms with Gasteiger partial charge in [-0.3, -0.25) is 4.31 Å². The molecule has 2 aromatic carbocycles. The molecule has 2 aromatic rings. The van der Waals surface area contributed by atoms with E-state index in [0.717, 1.165) is 15.4 Å². The predicted molar refractivity (Wildman–Crippen MR) is 96.7 cm³/mol. The number of hydrogen-bond acceptors (Lipinski definition) is 4. The Balaban J connectivity index is 2.02. The number of aryl methyl sites for hydroxylation is 1. The normalized spacial score (nSPS) is 14.8. The van der Waals surface area contributed by atoms with E-state index in [4.69, 9.17) is 0 Å². The molecule has 0 fully saturated rings. The van der Waals surface area contributed by atoms with E-state index in [1.807, 2.05) is 6.92 Å². The minimum atomic E-state index is -3.66. The highest BCUT2D eigenvalue weighted by atomic mass is 32.2. The van der Waals surface area contributed by atoms with Crippen molar-refractivity contribution in [3.05, 3.63) is 53.6 Å². The van der Waals surface area contributed by atoms with Crippen LogP contribution < -0.4 is 4.31 Å². The largest absolute Gasteiger partial charge is 0.266 e. The van der Waals surface area contributed by atoms with Gasteiger partial charge in [0, 0.05) is 20.6 Å². The van der Waals surface area contributed by atoms with Crippen LogP contribution in [-0.4, -0.2) is 41.8 Å². The van der Waals surface area contributed by atoms with Crippen molar-refractivity contribution in [2.45, 2.75) is 23.1 Å². The molecule has 0 aliphatic carbocycles. The topological polar surface area (TPSA) is 74.8 Å². The van der Waals surface area contributed by atoms with Gasteiger partial charge in [-0.2, -0.15) is 0 Å². The quantitative estimate of drug-likeness (QED) is 0.813. The first kappa shape index (κ1) is 17.9. The van der Waals surface area contributed by atoms with Crippen molar-refractivity contribution in [3.63, 3.8) is 0 Å². The molecule has 1 aliphatic heterocycles. The highest BCUT2D eigenvalue weighted by molar-refractivity contribution is 7.92. The SMILES string of the molecule is Cc1ccc(S(=O)(=O)N2CCc3cc(S(=O)(=O)N(C)C)ccc32)cc1. The highest BCUT2D eigenvalue weighted by Crippen LogP contribution is 2.34. The maximum Gasteiger partial charge on any atom is 0.264 e. The minimum absolute atomic E-state index is 0.172. The molecule has 0 bridgehead atoms. The fourth-order valence-corrected chi connectivity index (χ4v) is 5.26. The number of anilines is 1. The smallest absolute Gasteiger partial charge is 0.264 e. The molecule has 0 atom stereocenters. The predicted octanol–water partition coefficient (Wildman–Crippen LogP) is 2.00. The summed E-state index contributed by atoms with van der Waals surface area (Å²) in [6, 6.07) is 11.3. The van der Waals surface area contributed by atoms with Crippen LogP contribution in [0.2, 0.25) is 0 Å². The lowest BCUT2D eigenvalue weighted by Gasteiger charge is -2.20. The lowest BCUT2D eigenvalue weighted by atomic mass is 10.2. The Kier molecular flexibility index (Phi) is 4.38. The van der Waals surface area contributed by atoms with E-state index in [-0.39, 0.29) is 9.79 Å². The summed E-state index contributed by atoms with van der Waals surface area (Å²) >= 11 is 0. The molecule has 25 heavy (non-hydrogen) atoms. The summed E-state index contributed by atoms with van der Waals surface area (Å²) in [5.74, 6) is 0. The van der Waals surface area contributed by atoms with Crippen molar-refractivity contribution in [3.8, 4) is 0 Å². The molecule has 0 saturated heterocycles. The van der Waals surface area contributed by atoms with E-state index in [1.165, 1.54) is 24.5 Å². The van der Waals surface area contributed by atoms with Crippen LogP contribution in [0.4, 0.5) is 5.69 Å². The molecule has 3 rings (SSSR count). The van der Waals surface area contributed by atoms with Crippen LogP contribution in [0.25, 0.3) is 0 Å². The van der Waals surface area contributed by atoms with Gasteiger partial charge in [0.15, 0.2) is 0 Å². The molecule has 1 aliphatic rings. The molecular weight excluding hydrogens is 360 g/mol. The summed E-state index contributed by atoms with van der Waals surface area (Å²) in [7, 11) is -4.27. The van der Waals surface area contributed by atoms with Gasteiger partial charge in [0.25, 0.3) is 10.0 Å². The molecule has 0 N–H and O–H groups in total. The summed E-state index contributed by atoms with van der Waals surface area (Å²) in [6.07, 6.45) is 0.483. The van der Waals surface area contributed by atoms with E-state index in [0.29, 0.717) is 18.7 Å². The second-order valence-corrected chi connectivity index (χ2v) is 10.2. The number of sulfonamides is 2. The second-order valence-electron chi connectivity index (χ2n) is 6.22. The van der Waals surface area contributed by atoms with Crippen LogP contribution in [0.1, 0.15) is 11.1 Å². The Bertz CT molecular complexity index is 1010. The first-order valence-electron chi connectivity index (χ1n) is 7.79. The Morgan fingerprint density at radius 3 is 2.12 bits per heavy atom. The molecule has 0 saturated carbocycles. The highest BCUT2D eigenvalue weighted by Gasteiger charge is 2.32. The van der Waals surface area contributed by atoms with Crippen LogP contribution in [0.5, 0.6) is 0 Å². The first-order chi connectivity index (χ1) is 11.6. The lowest BCUT2D eigenvalue weighted by molar-refractivity contribution is 0.520. The van der Waals surface area contributed by atoms with Crippen molar-refractivity contribution in [1.82, 2.24) is 4.31 Å². The summed E-state index contributed by atoms with van der Waals surface area (Å²) in [5.41, 5.74) is 2.25. The molecule has 1 heterocycles. The summed E-state index contributed by atoms with van der Waals surface area (Å²) < 4.78 is 52.8. The zero-order valence-corrected chi connectivity index (χ0v) is 15.9. The lowest BCUT2D eigenvalue weighted by Crippen LogP contribution is -2.29. The molecule has 0 amide bonds. The molecular formula is C17H20N2O4S2. The third-order valence-electron chi connectivity index (χ3n) is 4.29. The van der Waals surface area contributed by atoms with Gasteiger partial charge in [0.05, 0.1) is 15.5 Å². The monoisotopic (exact) mass is 380 g/mol. The summed E-state index contributed by atoms with van der Waals surface area (Å²) in [6.45, 7) is 2.20. The average Bonchev–Trinajstić information content (AvgIpc) is 2.99. The molecule has 6 nitrogen and oxygen atoms in total. The zero-order valence-electron chi connectivity index (χ0n) is 14.3. The van der Waals surface area contributed by atoms with E-state index in [9.17, 15) is 16.8 Å². The van der Waals surface area contributed by atoms with Gasteiger partial charge in [-0.15, -0.1) is 0 Å². The van der Waals surface area contributed by atoms with Gasteiger partial charge in [-0.25, -0.2) is 21.1 Å². The van der Waals surface area contributed by atoms with Gasteiger partial charge in [0.1, 0.15) is 0 Å². The second kappa shape index (κ2) is 6.12. The van der Waals surface area contributed by atoms with Gasteiger partial charge in [-0.05, 0) is 49.2 Å². The Morgan fingerprint density at radius 2 is 1.52 bits per heavy atom.